The molecule has 2 heteroatoms. The summed E-state index contributed by atoms with van der Waals surface area (Å²) in [6.45, 7) is 12.9. The first kappa shape index (κ1) is 12.3. The highest BCUT2D eigenvalue weighted by atomic mass is 15.3. The van der Waals surface area contributed by atoms with Crippen molar-refractivity contribution >= 4 is 0 Å². The smallest absolute Gasteiger partial charge is 0.0234 e. The average molecular weight is 230 g/mol. The quantitative estimate of drug-likeness (QED) is 0.733. The molecule has 0 amide bonds. The Bertz CT molecular complexity index is 350. The van der Waals surface area contributed by atoms with Crippen LogP contribution in [0, 0.1) is 0 Å². The molecule has 1 heterocycles. The van der Waals surface area contributed by atoms with Crippen LogP contribution in [0.25, 0.3) is 0 Å². The lowest BCUT2D eigenvalue weighted by Gasteiger charge is -2.34. The van der Waals surface area contributed by atoms with Gasteiger partial charge in [-0.15, -0.1) is 0 Å². The largest absolute Gasteiger partial charge is 0.297 e. The van der Waals surface area contributed by atoms with E-state index in [2.05, 4.69) is 53.6 Å². The Morgan fingerprint density at radius 1 is 1.06 bits per heavy atom. The third-order valence-corrected chi connectivity index (χ3v) is 3.21. The van der Waals surface area contributed by atoms with Crippen LogP contribution in [-0.4, -0.2) is 42.5 Å². The first-order chi connectivity index (χ1) is 8.24. The zero-order chi connectivity index (χ0) is 12.1. The molecule has 0 saturated carbocycles. The fourth-order valence-electron chi connectivity index (χ4n) is 2.33. The van der Waals surface area contributed by atoms with Crippen LogP contribution >= 0.6 is 0 Å². The fraction of sp³-hybridized carbons (Fsp3) is 0.467. The Balaban J connectivity index is 1.78. The molecular formula is C15H22N2. The summed E-state index contributed by atoms with van der Waals surface area (Å²) in [5.74, 6) is 0. The first-order valence-electron chi connectivity index (χ1n) is 6.37. The van der Waals surface area contributed by atoms with Crippen molar-refractivity contribution in [2.75, 3.05) is 32.7 Å². The fourth-order valence-corrected chi connectivity index (χ4v) is 2.33. The summed E-state index contributed by atoms with van der Waals surface area (Å²) in [4.78, 5) is 5.02. The lowest BCUT2D eigenvalue weighted by molar-refractivity contribution is 0.135. The SMILES string of the molecule is C=C(C)CN1CCN(Cc2ccccc2)CC1. The van der Waals surface area contributed by atoms with Crippen molar-refractivity contribution in [1.82, 2.24) is 9.80 Å². The molecular weight excluding hydrogens is 208 g/mol. The molecule has 0 aliphatic carbocycles. The van der Waals surface area contributed by atoms with Gasteiger partial charge < -0.3 is 0 Å². The van der Waals surface area contributed by atoms with Gasteiger partial charge in [-0.3, -0.25) is 9.80 Å². The topological polar surface area (TPSA) is 6.48 Å². The van der Waals surface area contributed by atoms with Gasteiger partial charge in [-0.25, -0.2) is 0 Å². The normalized spacial score (nSPS) is 18.2. The Kier molecular flexibility index (Phi) is 4.35. The molecule has 2 rings (SSSR count). The molecule has 1 aliphatic heterocycles. The monoisotopic (exact) mass is 230 g/mol. The first-order valence-corrected chi connectivity index (χ1v) is 6.37. The number of hydrogen-bond donors (Lipinski definition) is 0. The minimum atomic E-state index is 1.05. The maximum Gasteiger partial charge on any atom is 0.0234 e. The zero-order valence-electron chi connectivity index (χ0n) is 10.7. The van der Waals surface area contributed by atoms with E-state index in [0.717, 1.165) is 13.1 Å². The van der Waals surface area contributed by atoms with Crippen LogP contribution in [0.5, 0.6) is 0 Å². The Morgan fingerprint density at radius 3 is 2.24 bits per heavy atom. The third-order valence-electron chi connectivity index (χ3n) is 3.21. The van der Waals surface area contributed by atoms with E-state index < -0.39 is 0 Å². The number of benzene rings is 1. The lowest BCUT2D eigenvalue weighted by atomic mass is 10.2. The number of piperazine rings is 1. The maximum absolute atomic E-state index is 3.98. The van der Waals surface area contributed by atoms with Gasteiger partial charge in [0.25, 0.3) is 0 Å². The molecule has 1 fully saturated rings. The third kappa shape index (κ3) is 3.99. The molecule has 0 atom stereocenters. The Labute approximate surface area is 105 Å². The van der Waals surface area contributed by atoms with E-state index in [1.54, 1.807) is 0 Å². The molecule has 0 radical (unpaired) electrons. The predicted octanol–water partition coefficient (Wildman–Crippen LogP) is 2.38. The highest BCUT2D eigenvalue weighted by molar-refractivity contribution is 5.14. The van der Waals surface area contributed by atoms with Crippen molar-refractivity contribution in [3.63, 3.8) is 0 Å². The second-order valence-electron chi connectivity index (χ2n) is 5.00. The minimum Gasteiger partial charge on any atom is -0.297 e. The summed E-state index contributed by atoms with van der Waals surface area (Å²) >= 11 is 0. The van der Waals surface area contributed by atoms with Crippen molar-refractivity contribution in [3.05, 3.63) is 48.0 Å². The maximum atomic E-state index is 3.98. The molecule has 1 saturated heterocycles. The van der Waals surface area contributed by atoms with Crippen LogP contribution in [-0.2, 0) is 6.54 Å². The predicted molar refractivity (Wildman–Crippen MR) is 73.0 cm³/mol. The van der Waals surface area contributed by atoms with Gasteiger partial charge in [0.15, 0.2) is 0 Å². The Hall–Kier alpha value is -1.12. The molecule has 0 aromatic heterocycles. The van der Waals surface area contributed by atoms with Crippen molar-refractivity contribution in [1.29, 1.82) is 0 Å². The van der Waals surface area contributed by atoms with Gasteiger partial charge in [0.05, 0.1) is 0 Å². The molecule has 0 spiro atoms. The zero-order valence-corrected chi connectivity index (χ0v) is 10.7. The van der Waals surface area contributed by atoms with E-state index in [4.69, 9.17) is 0 Å². The van der Waals surface area contributed by atoms with Gasteiger partial charge in [0, 0.05) is 39.3 Å². The molecule has 0 N–H and O–H groups in total. The molecule has 0 bridgehead atoms. The van der Waals surface area contributed by atoms with Crippen LogP contribution in [0.4, 0.5) is 0 Å². The highest BCUT2D eigenvalue weighted by Gasteiger charge is 2.16. The highest BCUT2D eigenvalue weighted by Crippen LogP contribution is 2.09. The van der Waals surface area contributed by atoms with Crippen LogP contribution in [0.3, 0.4) is 0 Å². The summed E-state index contributed by atoms with van der Waals surface area (Å²) in [5.41, 5.74) is 2.68. The van der Waals surface area contributed by atoms with Gasteiger partial charge in [-0.2, -0.15) is 0 Å². The van der Waals surface area contributed by atoms with Crippen molar-refractivity contribution < 1.29 is 0 Å². The number of rotatable bonds is 4. The Morgan fingerprint density at radius 2 is 1.65 bits per heavy atom. The van der Waals surface area contributed by atoms with E-state index in [-0.39, 0.29) is 0 Å². The number of nitrogens with zero attached hydrogens (tertiary/aromatic N) is 2. The van der Waals surface area contributed by atoms with E-state index >= 15 is 0 Å². The molecule has 2 nitrogen and oxygen atoms in total. The summed E-state index contributed by atoms with van der Waals surface area (Å²) in [6, 6.07) is 10.7. The van der Waals surface area contributed by atoms with Crippen molar-refractivity contribution in [3.8, 4) is 0 Å². The minimum absolute atomic E-state index is 1.05. The van der Waals surface area contributed by atoms with Crippen LogP contribution in [0.2, 0.25) is 0 Å². The summed E-state index contributed by atoms with van der Waals surface area (Å²) in [5, 5.41) is 0. The summed E-state index contributed by atoms with van der Waals surface area (Å²) in [7, 11) is 0. The lowest BCUT2D eigenvalue weighted by Crippen LogP contribution is -2.46. The van der Waals surface area contributed by atoms with Gasteiger partial charge in [0.2, 0.25) is 0 Å². The average Bonchev–Trinajstić information content (AvgIpc) is 2.32. The van der Waals surface area contributed by atoms with Crippen LogP contribution in [0.1, 0.15) is 12.5 Å². The van der Waals surface area contributed by atoms with E-state index in [0.29, 0.717) is 0 Å². The van der Waals surface area contributed by atoms with Crippen LogP contribution < -0.4 is 0 Å². The second kappa shape index (κ2) is 5.99. The summed E-state index contributed by atoms with van der Waals surface area (Å²) in [6.07, 6.45) is 0. The van der Waals surface area contributed by atoms with Gasteiger partial charge in [0.1, 0.15) is 0 Å². The second-order valence-corrected chi connectivity index (χ2v) is 5.00. The molecule has 17 heavy (non-hydrogen) atoms. The van der Waals surface area contributed by atoms with E-state index in [1.165, 1.54) is 37.3 Å². The van der Waals surface area contributed by atoms with Gasteiger partial charge in [-0.05, 0) is 12.5 Å². The van der Waals surface area contributed by atoms with E-state index in [9.17, 15) is 0 Å². The van der Waals surface area contributed by atoms with Crippen LogP contribution in [0.15, 0.2) is 42.5 Å². The van der Waals surface area contributed by atoms with Crippen molar-refractivity contribution in [2.24, 2.45) is 0 Å². The van der Waals surface area contributed by atoms with Gasteiger partial charge >= 0.3 is 0 Å². The van der Waals surface area contributed by atoms with Gasteiger partial charge in [-0.1, -0.05) is 42.5 Å². The van der Waals surface area contributed by atoms with E-state index in [1.807, 2.05) is 0 Å². The number of hydrogen-bond acceptors (Lipinski definition) is 2. The molecule has 1 aromatic carbocycles. The van der Waals surface area contributed by atoms with Crippen molar-refractivity contribution in [2.45, 2.75) is 13.5 Å². The summed E-state index contributed by atoms with van der Waals surface area (Å²) < 4.78 is 0. The molecule has 1 aromatic rings. The molecule has 0 unspecified atom stereocenters. The molecule has 92 valence electrons. The standard InChI is InChI=1S/C15H22N2/c1-14(2)12-16-8-10-17(11-9-16)13-15-6-4-3-5-7-15/h3-7H,1,8-13H2,2H3. The molecule has 1 aliphatic rings.